The predicted octanol–water partition coefficient (Wildman–Crippen LogP) is 3.65. The van der Waals surface area contributed by atoms with Crippen LogP contribution in [0.5, 0.6) is 5.75 Å². The van der Waals surface area contributed by atoms with Gasteiger partial charge in [-0.2, -0.15) is 0 Å². The second-order valence-electron chi connectivity index (χ2n) is 4.41. The lowest BCUT2D eigenvalue weighted by Gasteiger charge is -2.11. The molecule has 2 aromatic rings. The van der Waals surface area contributed by atoms with Gasteiger partial charge in [0.25, 0.3) is 5.56 Å². The highest BCUT2D eigenvalue weighted by molar-refractivity contribution is 9.11. The van der Waals surface area contributed by atoms with E-state index in [2.05, 4.69) is 31.9 Å². The second-order valence-corrected chi connectivity index (χ2v) is 6.18. The van der Waals surface area contributed by atoms with Gasteiger partial charge in [-0.25, -0.2) is 0 Å². The molecule has 0 amide bonds. The van der Waals surface area contributed by atoms with Crippen molar-refractivity contribution in [3.05, 3.63) is 61.4 Å². The van der Waals surface area contributed by atoms with Gasteiger partial charge in [0.05, 0.1) is 16.6 Å². The monoisotopic (exact) mass is 413 g/mol. The molecule has 0 unspecified atom stereocenters. The number of hydrogen-bond acceptors (Lipinski definition) is 3. The van der Waals surface area contributed by atoms with Crippen LogP contribution < -0.4 is 10.3 Å². The Labute approximate surface area is 139 Å². The zero-order valence-corrected chi connectivity index (χ0v) is 14.5. The summed E-state index contributed by atoms with van der Waals surface area (Å²) in [7, 11) is 0. The van der Waals surface area contributed by atoms with Gasteiger partial charge >= 0.3 is 0 Å². The van der Waals surface area contributed by atoms with Crippen LogP contribution in [0.4, 0.5) is 0 Å². The molecule has 2 rings (SSSR count). The van der Waals surface area contributed by atoms with Gasteiger partial charge < -0.3 is 9.30 Å². The van der Waals surface area contributed by atoms with Crippen molar-refractivity contribution in [2.24, 2.45) is 0 Å². The number of pyridine rings is 1. The number of para-hydroxylation sites is 1. The Morgan fingerprint density at radius 3 is 2.71 bits per heavy atom. The fourth-order valence-electron chi connectivity index (χ4n) is 1.87. The van der Waals surface area contributed by atoms with Crippen molar-refractivity contribution < 1.29 is 9.53 Å². The van der Waals surface area contributed by atoms with E-state index < -0.39 is 0 Å². The number of Topliss-reactive ketones (excluding diaryl/α,β-unsaturated/α-hetero) is 1. The Morgan fingerprint density at radius 1 is 1.29 bits per heavy atom. The van der Waals surface area contributed by atoms with Crippen LogP contribution in [0.2, 0.25) is 0 Å². The number of ketones is 1. The third-order valence-electron chi connectivity index (χ3n) is 2.87. The highest BCUT2D eigenvalue weighted by Gasteiger charge is 2.08. The minimum Gasteiger partial charge on any atom is -0.491 e. The summed E-state index contributed by atoms with van der Waals surface area (Å²) in [6.07, 6.45) is 1.70. The molecule has 1 aromatic carbocycles. The lowest BCUT2D eigenvalue weighted by molar-refractivity contribution is 0.101. The summed E-state index contributed by atoms with van der Waals surface area (Å²) in [5.41, 5.74) is 0.418. The number of hydrogen-bond donors (Lipinski definition) is 0. The van der Waals surface area contributed by atoms with Gasteiger partial charge in [0, 0.05) is 10.7 Å². The molecular weight excluding hydrogens is 402 g/mol. The van der Waals surface area contributed by atoms with Gasteiger partial charge in [0.2, 0.25) is 0 Å². The van der Waals surface area contributed by atoms with Gasteiger partial charge in [-0.1, -0.05) is 12.1 Å². The molecule has 0 saturated heterocycles. The fraction of sp³-hybridized carbons (Fsp3) is 0.200. The highest BCUT2D eigenvalue weighted by atomic mass is 79.9. The fourth-order valence-corrected chi connectivity index (χ4v) is 3.13. The molecule has 0 aliphatic carbocycles. The van der Waals surface area contributed by atoms with Gasteiger partial charge in [-0.15, -0.1) is 0 Å². The van der Waals surface area contributed by atoms with Gasteiger partial charge in [-0.05, 0) is 57.0 Å². The van der Waals surface area contributed by atoms with Crippen LogP contribution in [-0.4, -0.2) is 17.0 Å². The molecule has 1 heterocycles. The third kappa shape index (κ3) is 4.04. The van der Waals surface area contributed by atoms with Crippen molar-refractivity contribution in [1.82, 2.24) is 4.57 Å². The average molecular weight is 415 g/mol. The molecule has 4 nitrogen and oxygen atoms in total. The standard InChI is InChI=1S/C15H13Br2NO3/c1-10(19)12-4-2-3-5-14(12)21-7-6-18-9-11(16)8-13(17)15(18)20/h2-5,8-9H,6-7H2,1H3. The van der Waals surface area contributed by atoms with Gasteiger partial charge in [-0.3, -0.25) is 9.59 Å². The lowest BCUT2D eigenvalue weighted by Crippen LogP contribution is -2.23. The molecule has 1 aromatic heterocycles. The molecule has 0 bridgehead atoms. The number of nitrogens with zero attached hydrogens (tertiary/aromatic N) is 1. The maximum absolute atomic E-state index is 11.9. The topological polar surface area (TPSA) is 48.3 Å². The predicted molar refractivity (Wildman–Crippen MR) is 88.0 cm³/mol. The number of carbonyl (C=O) groups is 1. The van der Waals surface area contributed by atoms with Crippen LogP contribution in [-0.2, 0) is 6.54 Å². The first-order chi connectivity index (χ1) is 9.99. The first kappa shape index (κ1) is 16.0. The van der Waals surface area contributed by atoms with Crippen LogP contribution in [0, 0.1) is 0 Å². The zero-order valence-electron chi connectivity index (χ0n) is 11.3. The highest BCUT2D eigenvalue weighted by Crippen LogP contribution is 2.18. The van der Waals surface area contributed by atoms with Crippen LogP contribution in [0.3, 0.4) is 0 Å². The van der Waals surface area contributed by atoms with E-state index in [0.29, 0.717) is 28.9 Å². The molecule has 6 heteroatoms. The number of rotatable bonds is 5. The lowest BCUT2D eigenvalue weighted by atomic mass is 10.1. The smallest absolute Gasteiger partial charge is 0.265 e. The van der Waals surface area contributed by atoms with Crippen molar-refractivity contribution in [2.45, 2.75) is 13.5 Å². The number of benzene rings is 1. The molecule has 0 aliphatic rings. The molecule has 110 valence electrons. The van der Waals surface area contributed by atoms with Crippen molar-refractivity contribution in [2.75, 3.05) is 6.61 Å². The van der Waals surface area contributed by atoms with Crippen molar-refractivity contribution >= 4 is 37.6 Å². The quantitative estimate of drug-likeness (QED) is 0.701. The minimum atomic E-state index is -0.123. The molecule has 0 radical (unpaired) electrons. The summed E-state index contributed by atoms with van der Waals surface area (Å²) < 4.78 is 8.46. The average Bonchev–Trinajstić information content (AvgIpc) is 2.44. The van der Waals surface area contributed by atoms with Crippen LogP contribution in [0.25, 0.3) is 0 Å². The van der Waals surface area contributed by atoms with Crippen molar-refractivity contribution in [1.29, 1.82) is 0 Å². The van der Waals surface area contributed by atoms with E-state index in [1.807, 2.05) is 6.07 Å². The minimum absolute atomic E-state index is 0.0482. The normalized spacial score (nSPS) is 10.4. The summed E-state index contributed by atoms with van der Waals surface area (Å²) in [6, 6.07) is 8.77. The maximum atomic E-state index is 11.9. The molecule has 0 spiro atoms. The summed E-state index contributed by atoms with van der Waals surface area (Å²) >= 11 is 6.56. The first-order valence-electron chi connectivity index (χ1n) is 6.27. The van der Waals surface area contributed by atoms with Crippen LogP contribution >= 0.6 is 31.9 Å². The zero-order chi connectivity index (χ0) is 15.4. The van der Waals surface area contributed by atoms with E-state index in [-0.39, 0.29) is 11.3 Å². The molecule has 0 N–H and O–H groups in total. The SMILES string of the molecule is CC(=O)c1ccccc1OCCn1cc(Br)cc(Br)c1=O. The molecule has 0 atom stereocenters. The number of carbonyl (C=O) groups excluding carboxylic acids is 1. The van der Waals surface area contributed by atoms with E-state index in [4.69, 9.17) is 4.74 Å². The van der Waals surface area contributed by atoms with E-state index in [1.54, 1.807) is 35.0 Å². The van der Waals surface area contributed by atoms with E-state index in [9.17, 15) is 9.59 Å². The Hall–Kier alpha value is -1.40. The molecule has 0 aliphatic heterocycles. The Morgan fingerprint density at radius 2 is 2.00 bits per heavy atom. The van der Waals surface area contributed by atoms with E-state index >= 15 is 0 Å². The Kier molecular flexibility index (Phi) is 5.36. The third-order valence-corrected chi connectivity index (χ3v) is 3.87. The second kappa shape index (κ2) is 7.04. The van der Waals surface area contributed by atoms with Gasteiger partial charge in [0.1, 0.15) is 12.4 Å². The maximum Gasteiger partial charge on any atom is 0.265 e. The number of aromatic nitrogens is 1. The van der Waals surface area contributed by atoms with Gasteiger partial charge in [0.15, 0.2) is 5.78 Å². The van der Waals surface area contributed by atoms with E-state index in [1.165, 1.54) is 6.92 Å². The summed E-state index contributed by atoms with van der Waals surface area (Å²) in [5, 5.41) is 0. The Balaban J connectivity index is 2.09. The summed E-state index contributed by atoms with van der Waals surface area (Å²) in [6.45, 7) is 2.19. The van der Waals surface area contributed by atoms with Crippen molar-refractivity contribution in [3.8, 4) is 5.75 Å². The van der Waals surface area contributed by atoms with Crippen LogP contribution in [0.15, 0.2) is 50.3 Å². The molecular formula is C15H13Br2NO3. The molecule has 21 heavy (non-hydrogen) atoms. The Bertz CT molecular complexity index is 725. The molecule has 0 saturated carbocycles. The number of ether oxygens (including phenoxy) is 1. The summed E-state index contributed by atoms with van der Waals surface area (Å²) in [4.78, 5) is 23.4. The summed E-state index contributed by atoms with van der Waals surface area (Å²) in [5.74, 6) is 0.486. The molecule has 0 fully saturated rings. The van der Waals surface area contributed by atoms with Crippen LogP contribution in [0.1, 0.15) is 17.3 Å². The first-order valence-corrected chi connectivity index (χ1v) is 7.86. The van der Waals surface area contributed by atoms with Crippen molar-refractivity contribution in [3.63, 3.8) is 0 Å². The van der Waals surface area contributed by atoms with E-state index in [0.717, 1.165) is 4.47 Å². The largest absolute Gasteiger partial charge is 0.491 e. The number of halogens is 2.